The first-order chi connectivity index (χ1) is 15.4. The third-order valence-electron chi connectivity index (χ3n) is 5.05. The monoisotopic (exact) mass is 450 g/mol. The lowest BCUT2D eigenvalue weighted by molar-refractivity contribution is -0.117. The standard InChI is InChI=1S/C26H30N2O3S/c1-18-9-10-19(2)24(15-18)32-22-13-11-21(12-14-22)27-25(29)17-28(3)16-20-7-6-8-23(30-4)26(20)31-5/h6-15H,16-17H2,1-5H3,(H,27,29). The number of nitrogens with zero attached hydrogens (tertiary/aromatic N) is 1. The van der Waals surface area contributed by atoms with Crippen LogP contribution in [0.15, 0.2) is 70.5 Å². The summed E-state index contributed by atoms with van der Waals surface area (Å²) < 4.78 is 10.8. The molecule has 0 radical (unpaired) electrons. The van der Waals surface area contributed by atoms with Crippen LogP contribution in [0.3, 0.4) is 0 Å². The van der Waals surface area contributed by atoms with Crippen molar-refractivity contribution in [3.63, 3.8) is 0 Å². The van der Waals surface area contributed by atoms with Crippen molar-refractivity contribution in [1.82, 2.24) is 4.90 Å². The molecule has 6 heteroatoms. The van der Waals surface area contributed by atoms with E-state index in [-0.39, 0.29) is 12.5 Å². The largest absolute Gasteiger partial charge is 0.493 e. The van der Waals surface area contributed by atoms with Gasteiger partial charge in [0.2, 0.25) is 5.91 Å². The molecule has 3 aromatic carbocycles. The highest BCUT2D eigenvalue weighted by molar-refractivity contribution is 7.99. The molecule has 1 N–H and O–H groups in total. The van der Waals surface area contributed by atoms with Gasteiger partial charge in [-0.15, -0.1) is 0 Å². The highest BCUT2D eigenvalue weighted by Gasteiger charge is 2.13. The van der Waals surface area contributed by atoms with Crippen LogP contribution in [-0.2, 0) is 11.3 Å². The van der Waals surface area contributed by atoms with Crippen molar-refractivity contribution in [2.24, 2.45) is 0 Å². The van der Waals surface area contributed by atoms with Gasteiger partial charge in [0.25, 0.3) is 0 Å². The summed E-state index contributed by atoms with van der Waals surface area (Å²) in [5, 5.41) is 2.98. The van der Waals surface area contributed by atoms with E-state index in [9.17, 15) is 4.79 Å². The van der Waals surface area contributed by atoms with E-state index in [1.165, 1.54) is 16.0 Å². The average Bonchev–Trinajstić information content (AvgIpc) is 2.77. The normalized spacial score (nSPS) is 10.8. The number of hydrogen-bond donors (Lipinski definition) is 1. The van der Waals surface area contributed by atoms with Crippen LogP contribution in [0.5, 0.6) is 11.5 Å². The number of ether oxygens (including phenoxy) is 2. The molecular formula is C26H30N2O3S. The molecule has 0 aliphatic heterocycles. The lowest BCUT2D eigenvalue weighted by atomic mass is 10.1. The number of carbonyl (C=O) groups excluding carboxylic acids is 1. The van der Waals surface area contributed by atoms with Gasteiger partial charge in [0.1, 0.15) is 0 Å². The van der Waals surface area contributed by atoms with Crippen molar-refractivity contribution in [3.8, 4) is 11.5 Å². The summed E-state index contributed by atoms with van der Waals surface area (Å²) in [6.07, 6.45) is 0. The lowest BCUT2D eigenvalue weighted by Crippen LogP contribution is -2.30. The van der Waals surface area contributed by atoms with Gasteiger partial charge < -0.3 is 14.8 Å². The van der Waals surface area contributed by atoms with E-state index in [2.05, 4.69) is 37.4 Å². The second-order valence-electron chi connectivity index (χ2n) is 7.77. The molecule has 3 aromatic rings. The number of anilines is 1. The van der Waals surface area contributed by atoms with Crippen LogP contribution in [0, 0.1) is 13.8 Å². The van der Waals surface area contributed by atoms with Crippen LogP contribution in [0.25, 0.3) is 0 Å². The zero-order chi connectivity index (χ0) is 23.1. The van der Waals surface area contributed by atoms with Crippen LogP contribution in [0.1, 0.15) is 16.7 Å². The van der Waals surface area contributed by atoms with Crippen molar-refractivity contribution < 1.29 is 14.3 Å². The first kappa shape index (κ1) is 23.7. The third-order valence-corrected chi connectivity index (χ3v) is 6.22. The summed E-state index contributed by atoms with van der Waals surface area (Å²) >= 11 is 1.73. The Hall–Kier alpha value is -2.96. The first-order valence-electron chi connectivity index (χ1n) is 10.4. The molecule has 0 fully saturated rings. The van der Waals surface area contributed by atoms with Gasteiger partial charge in [0.15, 0.2) is 11.5 Å². The number of methoxy groups -OCH3 is 2. The molecule has 0 unspecified atom stereocenters. The van der Waals surface area contributed by atoms with Crippen molar-refractivity contribution >= 4 is 23.4 Å². The molecule has 0 spiro atoms. The molecule has 0 heterocycles. The van der Waals surface area contributed by atoms with Gasteiger partial charge in [0, 0.05) is 27.6 Å². The van der Waals surface area contributed by atoms with E-state index in [1.54, 1.807) is 26.0 Å². The van der Waals surface area contributed by atoms with Gasteiger partial charge in [-0.05, 0) is 68.4 Å². The van der Waals surface area contributed by atoms with Crippen LogP contribution in [-0.4, -0.2) is 38.6 Å². The van der Waals surface area contributed by atoms with Gasteiger partial charge in [0.05, 0.1) is 20.8 Å². The summed E-state index contributed by atoms with van der Waals surface area (Å²) in [7, 11) is 5.14. The van der Waals surface area contributed by atoms with E-state index >= 15 is 0 Å². The number of aryl methyl sites for hydroxylation is 2. The third kappa shape index (κ3) is 6.28. The van der Waals surface area contributed by atoms with Gasteiger partial charge in [-0.2, -0.15) is 0 Å². The Morgan fingerprint density at radius 2 is 1.75 bits per heavy atom. The van der Waals surface area contributed by atoms with Gasteiger partial charge >= 0.3 is 0 Å². The van der Waals surface area contributed by atoms with E-state index in [0.29, 0.717) is 18.0 Å². The molecule has 3 rings (SSSR count). The Bertz CT molecular complexity index is 1070. The fourth-order valence-electron chi connectivity index (χ4n) is 3.42. The summed E-state index contributed by atoms with van der Waals surface area (Å²) in [6.45, 7) is 5.05. The summed E-state index contributed by atoms with van der Waals surface area (Å²) in [6, 6.07) is 20.2. The second-order valence-corrected chi connectivity index (χ2v) is 8.88. The van der Waals surface area contributed by atoms with Gasteiger partial charge in [-0.1, -0.05) is 36.0 Å². The number of benzene rings is 3. The van der Waals surface area contributed by atoms with Crippen molar-refractivity contribution in [2.75, 3.05) is 33.1 Å². The second kappa shape index (κ2) is 11.1. The van der Waals surface area contributed by atoms with Crippen LogP contribution < -0.4 is 14.8 Å². The minimum absolute atomic E-state index is 0.0655. The molecule has 0 aliphatic carbocycles. The van der Waals surface area contributed by atoms with E-state index < -0.39 is 0 Å². The summed E-state index contributed by atoms with van der Waals surface area (Å²) in [4.78, 5) is 16.9. The first-order valence-corrected chi connectivity index (χ1v) is 11.2. The highest BCUT2D eigenvalue weighted by Crippen LogP contribution is 2.32. The van der Waals surface area contributed by atoms with E-state index in [1.807, 2.05) is 54.4 Å². The molecule has 1 amide bonds. The predicted octanol–water partition coefficient (Wildman–Crippen LogP) is 5.54. The number of carbonyl (C=O) groups is 1. The maximum absolute atomic E-state index is 12.5. The summed E-state index contributed by atoms with van der Waals surface area (Å²) in [5.74, 6) is 1.31. The topological polar surface area (TPSA) is 50.8 Å². The molecule has 0 aromatic heterocycles. The fourth-order valence-corrected chi connectivity index (χ4v) is 4.42. The minimum atomic E-state index is -0.0655. The number of hydrogen-bond acceptors (Lipinski definition) is 5. The highest BCUT2D eigenvalue weighted by atomic mass is 32.2. The predicted molar refractivity (Wildman–Crippen MR) is 131 cm³/mol. The number of rotatable bonds is 9. The zero-order valence-corrected chi connectivity index (χ0v) is 20.1. The number of amides is 1. The maximum atomic E-state index is 12.5. The van der Waals surface area contributed by atoms with Crippen LogP contribution >= 0.6 is 11.8 Å². The average molecular weight is 451 g/mol. The molecule has 0 saturated carbocycles. The van der Waals surface area contributed by atoms with Crippen molar-refractivity contribution in [2.45, 2.75) is 30.2 Å². The van der Waals surface area contributed by atoms with Crippen molar-refractivity contribution in [1.29, 1.82) is 0 Å². The fraction of sp³-hybridized carbons (Fsp3) is 0.269. The molecule has 32 heavy (non-hydrogen) atoms. The van der Waals surface area contributed by atoms with E-state index in [0.717, 1.165) is 16.1 Å². The molecule has 0 bridgehead atoms. The molecular weight excluding hydrogens is 420 g/mol. The van der Waals surface area contributed by atoms with Crippen LogP contribution in [0.4, 0.5) is 5.69 Å². The van der Waals surface area contributed by atoms with Gasteiger partial charge in [-0.3, -0.25) is 9.69 Å². The Kier molecular flexibility index (Phi) is 8.20. The SMILES string of the molecule is COc1cccc(CN(C)CC(=O)Nc2ccc(Sc3cc(C)ccc3C)cc2)c1OC. The Labute approximate surface area is 194 Å². The maximum Gasteiger partial charge on any atom is 0.238 e. The lowest BCUT2D eigenvalue weighted by Gasteiger charge is -2.19. The van der Waals surface area contributed by atoms with E-state index in [4.69, 9.17) is 9.47 Å². The van der Waals surface area contributed by atoms with Crippen LogP contribution in [0.2, 0.25) is 0 Å². The molecule has 0 aliphatic rings. The Morgan fingerprint density at radius 3 is 2.44 bits per heavy atom. The molecule has 0 atom stereocenters. The number of para-hydroxylation sites is 1. The molecule has 0 saturated heterocycles. The number of likely N-dealkylation sites (N-methyl/N-ethyl adjacent to an activating group) is 1. The van der Waals surface area contributed by atoms with Crippen molar-refractivity contribution in [3.05, 3.63) is 77.4 Å². The Morgan fingerprint density at radius 1 is 1.00 bits per heavy atom. The zero-order valence-electron chi connectivity index (χ0n) is 19.3. The van der Waals surface area contributed by atoms with Gasteiger partial charge in [-0.25, -0.2) is 0 Å². The number of nitrogens with one attached hydrogen (secondary N) is 1. The molecule has 168 valence electrons. The smallest absolute Gasteiger partial charge is 0.238 e. The molecule has 5 nitrogen and oxygen atoms in total. The quantitative estimate of drug-likeness (QED) is 0.464. The minimum Gasteiger partial charge on any atom is -0.493 e. The Balaban J connectivity index is 1.56. The summed E-state index contributed by atoms with van der Waals surface area (Å²) in [5.41, 5.74) is 4.26.